The number of carbonyl (C=O) groups excluding carboxylic acids is 4. The van der Waals surface area contributed by atoms with Crippen LogP contribution in [0.3, 0.4) is 0 Å². The van der Waals surface area contributed by atoms with Gasteiger partial charge in [-0.05, 0) is 78.2 Å². The van der Waals surface area contributed by atoms with E-state index < -0.39 is 17.5 Å². The van der Waals surface area contributed by atoms with Crippen molar-refractivity contribution in [1.82, 2.24) is 24.9 Å². The summed E-state index contributed by atoms with van der Waals surface area (Å²) in [6.07, 6.45) is 6.17. The maximum atomic E-state index is 14.1. The Labute approximate surface area is 255 Å². The molecule has 2 aliphatic heterocycles. The van der Waals surface area contributed by atoms with Gasteiger partial charge < -0.3 is 20.0 Å². The fraction of sp³-hybridized carbons (Fsp3) is 0.818. The van der Waals surface area contributed by atoms with E-state index in [9.17, 15) is 19.2 Å². The summed E-state index contributed by atoms with van der Waals surface area (Å²) < 4.78 is 0. The lowest BCUT2D eigenvalue weighted by Crippen LogP contribution is -2.60. The van der Waals surface area contributed by atoms with Crippen LogP contribution in [0.1, 0.15) is 101 Å². The molecule has 42 heavy (non-hydrogen) atoms. The molecule has 2 heterocycles. The highest BCUT2D eigenvalue weighted by molar-refractivity contribution is 5.97. The zero-order valence-electron chi connectivity index (χ0n) is 28.5. The van der Waals surface area contributed by atoms with E-state index in [0.717, 1.165) is 32.2 Å². The Bertz CT molecular complexity index is 999. The van der Waals surface area contributed by atoms with Crippen molar-refractivity contribution in [2.75, 3.05) is 27.2 Å². The molecule has 0 aromatic rings. The Balaban J connectivity index is 2.28. The van der Waals surface area contributed by atoms with Crippen LogP contribution in [-0.4, -0.2) is 107 Å². The Hall–Kier alpha value is -2.42. The van der Waals surface area contributed by atoms with Gasteiger partial charge in [-0.15, -0.1) is 0 Å². The van der Waals surface area contributed by atoms with Crippen molar-refractivity contribution >= 4 is 23.6 Å². The Kier molecular flexibility index (Phi) is 12.6. The quantitative estimate of drug-likeness (QED) is 0.388. The molecule has 2 fully saturated rings. The third kappa shape index (κ3) is 8.57. The van der Waals surface area contributed by atoms with Crippen LogP contribution in [0, 0.1) is 11.3 Å². The minimum Gasteiger partial charge on any atom is -0.342 e. The summed E-state index contributed by atoms with van der Waals surface area (Å²) in [4.78, 5) is 61.7. The summed E-state index contributed by atoms with van der Waals surface area (Å²) in [5, 5.41) is 3.13. The van der Waals surface area contributed by atoms with Crippen LogP contribution < -0.4 is 5.32 Å². The van der Waals surface area contributed by atoms with E-state index in [0.29, 0.717) is 18.5 Å². The third-order valence-corrected chi connectivity index (χ3v) is 9.07. The number of nitrogens with one attached hydrogen (secondary N) is 1. The number of likely N-dealkylation sites (tertiary alicyclic amines) is 2. The van der Waals surface area contributed by atoms with Crippen molar-refractivity contribution in [3.05, 3.63) is 11.6 Å². The van der Waals surface area contributed by atoms with E-state index in [2.05, 4.69) is 24.1 Å². The molecular weight excluding hydrogens is 530 g/mol. The molecule has 1 unspecified atom stereocenters. The molecule has 4 amide bonds. The number of rotatable bonds is 10. The van der Waals surface area contributed by atoms with E-state index in [4.69, 9.17) is 0 Å². The normalized spacial score (nSPS) is 22.0. The van der Waals surface area contributed by atoms with Crippen LogP contribution in [0.2, 0.25) is 0 Å². The van der Waals surface area contributed by atoms with E-state index in [1.807, 2.05) is 54.5 Å². The van der Waals surface area contributed by atoms with Gasteiger partial charge in [0, 0.05) is 38.3 Å². The van der Waals surface area contributed by atoms with E-state index >= 15 is 0 Å². The number of hydrogen-bond acceptors (Lipinski definition) is 5. The van der Waals surface area contributed by atoms with E-state index in [1.165, 1.54) is 0 Å². The lowest BCUT2D eigenvalue weighted by atomic mass is 9.84. The third-order valence-electron chi connectivity index (χ3n) is 9.07. The van der Waals surface area contributed by atoms with Gasteiger partial charge in [0.2, 0.25) is 23.6 Å². The number of hydrogen-bond donors (Lipinski definition) is 1. The fourth-order valence-corrected chi connectivity index (χ4v) is 6.15. The molecule has 0 aromatic carbocycles. The Morgan fingerprint density at radius 1 is 0.857 bits per heavy atom. The van der Waals surface area contributed by atoms with Crippen molar-refractivity contribution in [3.8, 4) is 0 Å². The molecular formula is C33H59N5O4. The molecule has 0 saturated carbocycles. The molecule has 9 heteroatoms. The predicted molar refractivity (Wildman–Crippen MR) is 169 cm³/mol. The first-order valence-electron chi connectivity index (χ1n) is 16.0. The minimum absolute atomic E-state index is 0.0240. The lowest BCUT2D eigenvalue weighted by Gasteiger charge is -2.41. The fourth-order valence-electron chi connectivity index (χ4n) is 6.15. The van der Waals surface area contributed by atoms with Gasteiger partial charge in [-0.25, -0.2) is 0 Å². The molecule has 9 nitrogen and oxygen atoms in total. The van der Waals surface area contributed by atoms with Crippen LogP contribution >= 0.6 is 0 Å². The van der Waals surface area contributed by atoms with Gasteiger partial charge in [0.1, 0.15) is 12.1 Å². The maximum Gasteiger partial charge on any atom is 0.249 e. The first kappa shape index (κ1) is 35.8. The average Bonchev–Trinajstić information content (AvgIpc) is 3.41. The molecule has 0 aliphatic carbocycles. The standard InChI is InChI=1S/C33H59N5O4/c1-21(2)27(20-24(7)30(40)38-19-15-17-26(38)31(41)35(11)22(3)4)36(12)32(42)28(33(8,9)10)34-29(39)25-16-13-14-18-37(25)23(5)6/h20-23,25-28H,13-19H2,1-12H3,(H,34,39)/b24-20+/t25?,26-,27+,28+/m0/s1. The Morgan fingerprint density at radius 2 is 1.45 bits per heavy atom. The number of carbonyl (C=O) groups is 4. The number of piperidine rings is 1. The van der Waals surface area contributed by atoms with Gasteiger partial charge in [-0.3, -0.25) is 24.1 Å². The van der Waals surface area contributed by atoms with Crippen molar-refractivity contribution in [1.29, 1.82) is 0 Å². The molecule has 2 rings (SSSR count). The first-order valence-corrected chi connectivity index (χ1v) is 16.0. The average molecular weight is 590 g/mol. The second-order valence-corrected chi connectivity index (χ2v) is 14.4. The largest absolute Gasteiger partial charge is 0.342 e. The number of nitrogens with zero attached hydrogens (tertiary/aromatic N) is 4. The van der Waals surface area contributed by atoms with Gasteiger partial charge in [-0.2, -0.15) is 0 Å². The van der Waals surface area contributed by atoms with Gasteiger partial charge in [-0.1, -0.05) is 47.1 Å². The highest BCUT2D eigenvalue weighted by Crippen LogP contribution is 2.27. The highest BCUT2D eigenvalue weighted by Gasteiger charge is 2.41. The van der Waals surface area contributed by atoms with Crippen LogP contribution in [-0.2, 0) is 19.2 Å². The lowest BCUT2D eigenvalue weighted by molar-refractivity contribution is -0.142. The molecule has 0 radical (unpaired) electrons. The van der Waals surface area contributed by atoms with Crippen molar-refractivity contribution < 1.29 is 19.2 Å². The highest BCUT2D eigenvalue weighted by atomic mass is 16.2. The second kappa shape index (κ2) is 14.8. The van der Waals surface area contributed by atoms with Gasteiger partial charge in [0.05, 0.1) is 12.1 Å². The monoisotopic (exact) mass is 589 g/mol. The summed E-state index contributed by atoms with van der Waals surface area (Å²) in [5.41, 5.74) is 0.00592. The SMILES string of the molecule is C/C(=C\[C@H](C(C)C)N(C)C(=O)[C@@H](NC(=O)C1CCCCN1C(C)C)C(C)(C)C)C(=O)N1CCC[C@H]1C(=O)N(C)C(C)C. The molecule has 4 atom stereocenters. The topological polar surface area (TPSA) is 93.3 Å². The smallest absolute Gasteiger partial charge is 0.249 e. The second-order valence-electron chi connectivity index (χ2n) is 14.4. The summed E-state index contributed by atoms with van der Waals surface area (Å²) in [6.45, 7) is 21.3. The molecule has 0 spiro atoms. The molecule has 2 aliphatic rings. The van der Waals surface area contributed by atoms with Crippen LogP contribution in [0.5, 0.6) is 0 Å². The number of likely N-dealkylation sites (N-methyl/N-ethyl adjacent to an activating group) is 2. The van der Waals surface area contributed by atoms with Gasteiger partial charge in [0.15, 0.2) is 0 Å². The first-order chi connectivity index (χ1) is 19.4. The molecule has 0 aromatic heterocycles. The minimum atomic E-state index is -0.719. The molecule has 2 saturated heterocycles. The summed E-state index contributed by atoms with van der Waals surface area (Å²) in [7, 11) is 3.54. The zero-order valence-corrected chi connectivity index (χ0v) is 28.5. The van der Waals surface area contributed by atoms with Crippen molar-refractivity contribution in [2.24, 2.45) is 11.3 Å². The van der Waals surface area contributed by atoms with Gasteiger partial charge in [0.25, 0.3) is 0 Å². The molecule has 240 valence electrons. The molecule has 1 N–H and O–H groups in total. The van der Waals surface area contributed by atoms with Crippen LogP contribution in [0.4, 0.5) is 0 Å². The summed E-state index contributed by atoms with van der Waals surface area (Å²) in [6, 6.07) is -1.48. The zero-order chi connectivity index (χ0) is 32.1. The molecule has 0 bridgehead atoms. The summed E-state index contributed by atoms with van der Waals surface area (Å²) >= 11 is 0. The van der Waals surface area contributed by atoms with Gasteiger partial charge >= 0.3 is 0 Å². The number of amides is 4. The van der Waals surface area contributed by atoms with Crippen LogP contribution in [0.15, 0.2) is 11.6 Å². The van der Waals surface area contributed by atoms with E-state index in [1.54, 1.807) is 35.7 Å². The maximum absolute atomic E-state index is 14.1. The van der Waals surface area contributed by atoms with E-state index in [-0.39, 0.29) is 53.7 Å². The summed E-state index contributed by atoms with van der Waals surface area (Å²) in [5.74, 6) is -0.443. The van der Waals surface area contributed by atoms with Crippen molar-refractivity contribution in [3.63, 3.8) is 0 Å². The predicted octanol–water partition coefficient (Wildman–Crippen LogP) is 4.07. The Morgan fingerprint density at radius 3 is 1.98 bits per heavy atom. The van der Waals surface area contributed by atoms with Crippen molar-refractivity contribution in [2.45, 2.75) is 138 Å². The van der Waals surface area contributed by atoms with Crippen LogP contribution in [0.25, 0.3) is 0 Å².